The number of hydrogen-bond acceptors (Lipinski definition) is 2. The zero-order chi connectivity index (χ0) is 21.8. The van der Waals surface area contributed by atoms with Crippen LogP contribution in [0.4, 0.5) is 0 Å². The minimum absolute atomic E-state index is 0.0206. The van der Waals surface area contributed by atoms with Crippen molar-refractivity contribution in [3.63, 3.8) is 0 Å². The van der Waals surface area contributed by atoms with Crippen LogP contribution in [0, 0.1) is 5.92 Å². The summed E-state index contributed by atoms with van der Waals surface area (Å²) in [7, 11) is 0. The summed E-state index contributed by atoms with van der Waals surface area (Å²) in [4.78, 5) is 19.8. The summed E-state index contributed by atoms with van der Waals surface area (Å²) < 4.78 is 0. The van der Waals surface area contributed by atoms with Crippen LogP contribution < -0.4 is 5.56 Å². The second-order valence-corrected chi connectivity index (χ2v) is 8.52. The van der Waals surface area contributed by atoms with E-state index in [-0.39, 0.29) is 11.5 Å². The summed E-state index contributed by atoms with van der Waals surface area (Å²) in [6.07, 6.45) is 1.10. The van der Waals surface area contributed by atoms with Crippen molar-refractivity contribution in [2.24, 2.45) is 5.92 Å². The van der Waals surface area contributed by atoms with Crippen molar-refractivity contribution in [2.45, 2.75) is 33.1 Å². The molecule has 0 fully saturated rings. The fourth-order valence-electron chi connectivity index (χ4n) is 3.87. The van der Waals surface area contributed by atoms with Crippen molar-refractivity contribution in [3.8, 4) is 22.5 Å². The van der Waals surface area contributed by atoms with E-state index in [0.29, 0.717) is 11.7 Å². The standard InChI is InChI=1S/C28H28N2O/c1-19(2)17-21-9-11-23(12-10-21)24-15-13-22(14-16-24)20(3)26-18-27(31)30-28(29-26)25-7-5-4-6-8-25/h4-16,18-20H,17H2,1-3H3,(H,29,30,31). The maximum Gasteiger partial charge on any atom is 0.251 e. The first-order chi connectivity index (χ1) is 15.0. The number of H-pyrrole nitrogens is 1. The number of nitrogens with one attached hydrogen (secondary N) is 1. The Labute approximate surface area is 183 Å². The summed E-state index contributed by atoms with van der Waals surface area (Å²) in [6.45, 7) is 6.57. The van der Waals surface area contributed by atoms with Gasteiger partial charge in [0.2, 0.25) is 0 Å². The highest BCUT2D eigenvalue weighted by atomic mass is 16.1. The quantitative estimate of drug-likeness (QED) is 0.398. The highest BCUT2D eigenvalue weighted by molar-refractivity contribution is 5.64. The molecule has 3 nitrogen and oxygen atoms in total. The van der Waals surface area contributed by atoms with E-state index in [2.05, 4.69) is 74.3 Å². The van der Waals surface area contributed by atoms with Gasteiger partial charge < -0.3 is 4.98 Å². The van der Waals surface area contributed by atoms with E-state index in [0.717, 1.165) is 23.2 Å². The van der Waals surface area contributed by atoms with Gasteiger partial charge in [-0.15, -0.1) is 0 Å². The zero-order valence-corrected chi connectivity index (χ0v) is 18.3. The lowest BCUT2D eigenvalue weighted by Crippen LogP contribution is -2.12. The molecule has 1 N–H and O–H groups in total. The topological polar surface area (TPSA) is 45.8 Å². The molecule has 0 radical (unpaired) electrons. The van der Waals surface area contributed by atoms with Crippen LogP contribution in [0.15, 0.2) is 89.7 Å². The molecular weight excluding hydrogens is 380 g/mol. The number of nitrogens with zero attached hydrogens (tertiary/aromatic N) is 1. The van der Waals surface area contributed by atoms with Gasteiger partial charge in [-0.05, 0) is 34.6 Å². The average Bonchev–Trinajstić information content (AvgIpc) is 2.79. The van der Waals surface area contributed by atoms with Gasteiger partial charge in [0.25, 0.3) is 5.56 Å². The maximum absolute atomic E-state index is 12.3. The van der Waals surface area contributed by atoms with Gasteiger partial charge in [-0.25, -0.2) is 4.98 Å². The Morgan fingerprint density at radius 1 is 0.774 bits per heavy atom. The molecule has 0 amide bonds. The third-order valence-electron chi connectivity index (χ3n) is 5.59. The summed E-state index contributed by atoms with van der Waals surface area (Å²) in [5, 5.41) is 0. The van der Waals surface area contributed by atoms with Crippen LogP contribution in [0.5, 0.6) is 0 Å². The van der Waals surface area contributed by atoms with Gasteiger partial charge in [-0.2, -0.15) is 0 Å². The molecule has 1 heterocycles. The normalized spacial score (nSPS) is 12.1. The molecule has 3 aromatic carbocycles. The molecule has 0 aliphatic heterocycles. The first-order valence-corrected chi connectivity index (χ1v) is 10.9. The highest BCUT2D eigenvalue weighted by Crippen LogP contribution is 2.27. The molecule has 0 saturated heterocycles. The van der Waals surface area contributed by atoms with Gasteiger partial charge in [0.05, 0.1) is 5.69 Å². The molecule has 1 aromatic heterocycles. The van der Waals surface area contributed by atoms with E-state index >= 15 is 0 Å². The van der Waals surface area contributed by atoms with Gasteiger partial charge in [-0.3, -0.25) is 4.79 Å². The van der Waals surface area contributed by atoms with Crippen LogP contribution in [0.1, 0.15) is 43.5 Å². The lowest BCUT2D eigenvalue weighted by molar-refractivity contribution is 0.647. The van der Waals surface area contributed by atoms with Gasteiger partial charge in [0.1, 0.15) is 5.82 Å². The van der Waals surface area contributed by atoms with Crippen molar-refractivity contribution in [1.29, 1.82) is 0 Å². The molecule has 1 atom stereocenters. The van der Waals surface area contributed by atoms with Gasteiger partial charge in [0.15, 0.2) is 0 Å². The zero-order valence-electron chi connectivity index (χ0n) is 18.3. The number of hydrogen-bond donors (Lipinski definition) is 1. The predicted molar refractivity (Wildman–Crippen MR) is 128 cm³/mol. The number of rotatable bonds is 6. The van der Waals surface area contributed by atoms with Gasteiger partial charge >= 0.3 is 0 Å². The Kier molecular flexibility index (Phi) is 6.13. The Morgan fingerprint density at radius 3 is 2.00 bits per heavy atom. The molecule has 156 valence electrons. The van der Waals surface area contributed by atoms with E-state index in [1.165, 1.54) is 16.7 Å². The first kappa shape index (κ1) is 20.8. The van der Waals surface area contributed by atoms with Crippen molar-refractivity contribution in [1.82, 2.24) is 9.97 Å². The monoisotopic (exact) mass is 408 g/mol. The van der Waals surface area contributed by atoms with E-state index in [1.807, 2.05) is 30.3 Å². The Balaban J connectivity index is 1.57. The summed E-state index contributed by atoms with van der Waals surface area (Å²) in [6, 6.07) is 28.7. The minimum atomic E-state index is -0.131. The third kappa shape index (κ3) is 5.00. The number of aromatic amines is 1. The first-order valence-electron chi connectivity index (χ1n) is 10.9. The maximum atomic E-state index is 12.3. The van der Waals surface area contributed by atoms with Crippen LogP contribution in [-0.2, 0) is 6.42 Å². The Bertz CT molecular complexity index is 1190. The summed E-state index contributed by atoms with van der Waals surface area (Å²) in [5.74, 6) is 1.29. The van der Waals surface area contributed by atoms with Gasteiger partial charge in [-0.1, -0.05) is 99.6 Å². The summed E-state index contributed by atoms with van der Waals surface area (Å²) >= 11 is 0. The molecule has 0 bridgehead atoms. The molecule has 4 aromatic rings. The molecule has 3 heteroatoms. The number of aromatic nitrogens is 2. The van der Waals surface area contributed by atoms with Gasteiger partial charge in [0, 0.05) is 17.5 Å². The Hall–Kier alpha value is -3.46. The van der Waals surface area contributed by atoms with Crippen molar-refractivity contribution < 1.29 is 0 Å². The lowest BCUT2D eigenvalue weighted by atomic mass is 9.94. The van der Waals surface area contributed by atoms with Crippen molar-refractivity contribution in [2.75, 3.05) is 0 Å². The highest BCUT2D eigenvalue weighted by Gasteiger charge is 2.13. The fourth-order valence-corrected chi connectivity index (χ4v) is 3.87. The minimum Gasteiger partial charge on any atom is -0.307 e. The largest absolute Gasteiger partial charge is 0.307 e. The SMILES string of the molecule is CC(C)Cc1ccc(-c2ccc(C(C)c3cc(=O)[nH]c(-c4ccccc4)n3)cc2)cc1. The molecule has 0 saturated carbocycles. The van der Waals surface area contributed by atoms with Crippen LogP contribution in [0.3, 0.4) is 0 Å². The van der Waals surface area contributed by atoms with Crippen LogP contribution >= 0.6 is 0 Å². The average molecular weight is 409 g/mol. The third-order valence-corrected chi connectivity index (χ3v) is 5.59. The van der Waals surface area contributed by atoms with E-state index in [1.54, 1.807) is 6.07 Å². The fraction of sp³-hybridized carbons (Fsp3) is 0.214. The molecule has 0 aliphatic carbocycles. The Morgan fingerprint density at radius 2 is 1.39 bits per heavy atom. The van der Waals surface area contributed by atoms with Crippen LogP contribution in [-0.4, -0.2) is 9.97 Å². The van der Waals surface area contributed by atoms with E-state index in [9.17, 15) is 4.79 Å². The van der Waals surface area contributed by atoms with E-state index < -0.39 is 0 Å². The molecule has 1 unspecified atom stereocenters. The second kappa shape index (κ2) is 9.13. The van der Waals surface area contributed by atoms with Crippen molar-refractivity contribution >= 4 is 0 Å². The lowest BCUT2D eigenvalue weighted by Gasteiger charge is -2.14. The molecule has 0 spiro atoms. The molecule has 4 rings (SSSR count). The number of benzene rings is 3. The van der Waals surface area contributed by atoms with E-state index in [4.69, 9.17) is 4.98 Å². The molecule has 31 heavy (non-hydrogen) atoms. The summed E-state index contributed by atoms with van der Waals surface area (Å²) in [5.41, 5.74) is 6.46. The van der Waals surface area contributed by atoms with Crippen molar-refractivity contribution in [3.05, 3.63) is 112 Å². The predicted octanol–water partition coefficient (Wildman–Crippen LogP) is 6.45. The van der Waals surface area contributed by atoms with Crippen LogP contribution in [0.2, 0.25) is 0 Å². The van der Waals surface area contributed by atoms with Crippen LogP contribution in [0.25, 0.3) is 22.5 Å². The molecule has 0 aliphatic rings. The second-order valence-electron chi connectivity index (χ2n) is 8.52. The molecular formula is C28H28N2O. The smallest absolute Gasteiger partial charge is 0.251 e.